The molecule has 0 radical (unpaired) electrons. The lowest BCUT2D eigenvalue weighted by atomic mass is 10.2. The normalized spacial score (nSPS) is 19.5. The molecule has 0 N–H and O–H groups in total. The predicted molar refractivity (Wildman–Crippen MR) is 61.8 cm³/mol. The molecular weight excluding hydrogens is 186 g/mol. The highest BCUT2D eigenvalue weighted by molar-refractivity contribution is 5.14. The fraction of sp³-hybridized carbons (Fsp3) is 0.538. The van der Waals surface area contributed by atoms with Crippen molar-refractivity contribution >= 4 is 0 Å². The van der Waals surface area contributed by atoms with E-state index in [0.717, 1.165) is 26.3 Å². The van der Waals surface area contributed by atoms with Gasteiger partial charge in [-0.25, -0.2) is 0 Å². The highest BCUT2D eigenvalue weighted by Gasteiger charge is 2.07. The van der Waals surface area contributed by atoms with Crippen LogP contribution in [0.25, 0.3) is 0 Å². The van der Waals surface area contributed by atoms with Crippen LogP contribution in [0, 0.1) is 0 Å². The van der Waals surface area contributed by atoms with Crippen LogP contribution in [0.3, 0.4) is 0 Å². The van der Waals surface area contributed by atoms with Crippen molar-refractivity contribution in [2.45, 2.75) is 19.4 Å². The third-order valence-corrected chi connectivity index (χ3v) is 2.81. The number of nitrogens with zero attached hydrogens (tertiary/aromatic N) is 1. The number of ether oxygens (including phenoxy) is 1. The van der Waals surface area contributed by atoms with Crippen LogP contribution in [0.4, 0.5) is 0 Å². The summed E-state index contributed by atoms with van der Waals surface area (Å²) in [6.45, 7) is 5.16. The SMILES string of the molecule is c1ccc(CN2CCCCOCC2)cc1. The molecule has 1 aromatic rings. The molecule has 0 bridgehead atoms. The first-order valence-corrected chi connectivity index (χ1v) is 5.79. The minimum absolute atomic E-state index is 0.882. The third-order valence-electron chi connectivity index (χ3n) is 2.81. The van der Waals surface area contributed by atoms with Gasteiger partial charge in [-0.05, 0) is 24.9 Å². The molecule has 2 rings (SSSR count). The predicted octanol–water partition coefficient (Wildman–Crippen LogP) is 2.30. The number of benzene rings is 1. The molecule has 15 heavy (non-hydrogen) atoms. The highest BCUT2D eigenvalue weighted by Crippen LogP contribution is 2.07. The molecule has 1 heterocycles. The van der Waals surface area contributed by atoms with E-state index >= 15 is 0 Å². The lowest BCUT2D eigenvalue weighted by Gasteiger charge is -2.24. The van der Waals surface area contributed by atoms with Crippen molar-refractivity contribution in [1.29, 1.82) is 0 Å². The number of rotatable bonds is 2. The lowest BCUT2D eigenvalue weighted by molar-refractivity contribution is 0.0780. The molecule has 1 aliphatic rings. The Kier molecular flexibility index (Phi) is 4.18. The van der Waals surface area contributed by atoms with Gasteiger partial charge in [0.25, 0.3) is 0 Å². The summed E-state index contributed by atoms with van der Waals surface area (Å²) >= 11 is 0. The molecule has 1 saturated heterocycles. The molecule has 2 nitrogen and oxygen atoms in total. The van der Waals surface area contributed by atoms with Crippen LogP contribution in [0.5, 0.6) is 0 Å². The van der Waals surface area contributed by atoms with Crippen LogP contribution in [0.15, 0.2) is 30.3 Å². The van der Waals surface area contributed by atoms with Crippen LogP contribution in [-0.2, 0) is 11.3 Å². The van der Waals surface area contributed by atoms with Gasteiger partial charge in [-0.15, -0.1) is 0 Å². The Morgan fingerprint density at radius 3 is 2.73 bits per heavy atom. The van der Waals surface area contributed by atoms with Gasteiger partial charge in [0.15, 0.2) is 0 Å². The van der Waals surface area contributed by atoms with E-state index in [2.05, 4.69) is 35.2 Å². The quantitative estimate of drug-likeness (QED) is 0.734. The molecule has 1 aliphatic heterocycles. The number of hydrogen-bond donors (Lipinski definition) is 0. The van der Waals surface area contributed by atoms with E-state index in [1.165, 1.54) is 24.9 Å². The summed E-state index contributed by atoms with van der Waals surface area (Å²) in [6.07, 6.45) is 2.46. The molecular formula is C13H19NO. The number of hydrogen-bond acceptors (Lipinski definition) is 2. The summed E-state index contributed by atoms with van der Waals surface area (Å²) in [5.74, 6) is 0. The van der Waals surface area contributed by atoms with Crippen LogP contribution in [-0.4, -0.2) is 31.2 Å². The molecule has 0 unspecified atom stereocenters. The third kappa shape index (κ3) is 3.65. The lowest BCUT2D eigenvalue weighted by Crippen LogP contribution is -2.30. The van der Waals surface area contributed by atoms with Gasteiger partial charge in [0, 0.05) is 19.7 Å². The maximum atomic E-state index is 5.50. The summed E-state index contributed by atoms with van der Waals surface area (Å²) in [4.78, 5) is 2.48. The Balaban J connectivity index is 1.86. The van der Waals surface area contributed by atoms with E-state index < -0.39 is 0 Å². The summed E-state index contributed by atoms with van der Waals surface area (Å²) in [5.41, 5.74) is 1.40. The molecule has 0 aliphatic carbocycles. The van der Waals surface area contributed by atoms with Gasteiger partial charge in [0.05, 0.1) is 6.61 Å². The van der Waals surface area contributed by atoms with Gasteiger partial charge in [-0.3, -0.25) is 4.90 Å². The Morgan fingerprint density at radius 1 is 1.00 bits per heavy atom. The van der Waals surface area contributed by atoms with Crippen LogP contribution >= 0.6 is 0 Å². The Labute approximate surface area is 91.9 Å². The first kappa shape index (κ1) is 10.7. The topological polar surface area (TPSA) is 12.5 Å². The van der Waals surface area contributed by atoms with Crippen LogP contribution in [0.2, 0.25) is 0 Å². The average molecular weight is 205 g/mol. The molecule has 0 saturated carbocycles. The van der Waals surface area contributed by atoms with Gasteiger partial charge in [-0.2, -0.15) is 0 Å². The first-order valence-electron chi connectivity index (χ1n) is 5.79. The zero-order valence-electron chi connectivity index (χ0n) is 9.19. The highest BCUT2D eigenvalue weighted by atomic mass is 16.5. The second-order valence-corrected chi connectivity index (χ2v) is 4.08. The zero-order chi connectivity index (χ0) is 10.3. The molecule has 1 fully saturated rings. The van der Waals surface area contributed by atoms with E-state index in [1.807, 2.05) is 0 Å². The molecule has 1 aromatic carbocycles. The minimum atomic E-state index is 0.882. The average Bonchev–Trinajstić information content (AvgIpc) is 2.23. The van der Waals surface area contributed by atoms with Crippen molar-refractivity contribution in [1.82, 2.24) is 4.90 Å². The monoisotopic (exact) mass is 205 g/mol. The summed E-state index contributed by atoms with van der Waals surface area (Å²) in [7, 11) is 0. The standard InChI is InChI=1S/C13H19NO/c1-2-6-13(7-3-1)12-14-8-4-5-10-15-11-9-14/h1-3,6-7H,4-5,8-12H2. The Hall–Kier alpha value is -0.860. The van der Waals surface area contributed by atoms with Crippen molar-refractivity contribution in [3.05, 3.63) is 35.9 Å². The van der Waals surface area contributed by atoms with E-state index in [0.29, 0.717) is 0 Å². The Bertz CT molecular complexity index is 265. The molecule has 0 spiro atoms. The second-order valence-electron chi connectivity index (χ2n) is 4.08. The van der Waals surface area contributed by atoms with Crippen molar-refractivity contribution in [2.24, 2.45) is 0 Å². The van der Waals surface area contributed by atoms with Gasteiger partial charge >= 0.3 is 0 Å². The van der Waals surface area contributed by atoms with E-state index in [-0.39, 0.29) is 0 Å². The van der Waals surface area contributed by atoms with Crippen LogP contribution in [0.1, 0.15) is 18.4 Å². The fourth-order valence-electron chi connectivity index (χ4n) is 1.95. The van der Waals surface area contributed by atoms with E-state index in [1.54, 1.807) is 0 Å². The van der Waals surface area contributed by atoms with E-state index in [4.69, 9.17) is 4.74 Å². The van der Waals surface area contributed by atoms with Crippen molar-refractivity contribution in [3.8, 4) is 0 Å². The molecule has 0 amide bonds. The molecule has 0 aromatic heterocycles. The smallest absolute Gasteiger partial charge is 0.0593 e. The maximum absolute atomic E-state index is 5.50. The largest absolute Gasteiger partial charge is 0.380 e. The van der Waals surface area contributed by atoms with Gasteiger partial charge in [0.1, 0.15) is 0 Å². The summed E-state index contributed by atoms with van der Waals surface area (Å²) in [5, 5.41) is 0. The molecule has 2 heteroatoms. The zero-order valence-corrected chi connectivity index (χ0v) is 9.19. The summed E-state index contributed by atoms with van der Waals surface area (Å²) < 4.78 is 5.50. The van der Waals surface area contributed by atoms with Crippen molar-refractivity contribution in [2.75, 3.05) is 26.3 Å². The molecule has 82 valence electrons. The first-order chi connectivity index (χ1) is 7.45. The van der Waals surface area contributed by atoms with E-state index in [9.17, 15) is 0 Å². The van der Waals surface area contributed by atoms with Crippen molar-refractivity contribution in [3.63, 3.8) is 0 Å². The minimum Gasteiger partial charge on any atom is -0.380 e. The summed E-state index contributed by atoms with van der Waals surface area (Å²) in [6, 6.07) is 10.7. The molecule has 0 atom stereocenters. The van der Waals surface area contributed by atoms with Crippen molar-refractivity contribution < 1.29 is 4.74 Å². The van der Waals surface area contributed by atoms with Gasteiger partial charge in [0.2, 0.25) is 0 Å². The van der Waals surface area contributed by atoms with Gasteiger partial charge < -0.3 is 4.74 Å². The van der Waals surface area contributed by atoms with Crippen LogP contribution < -0.4 is 0 Å². The second kappa shape index (κ2) is 5.89. The maximum Gasteiger partial charge on any atom is 0.0593 e. The Morgan fingerprint density at radius 2 is 1.87 bits per heavy atom. The fourth-order valence-corrected chi connectivity index (χ4v) is 1.95. The van der Waals surface area contributed by atoms with Gasteiger partial charge in [-0.1, -0.05) is 30.3 Å².